The van der Waals surface area contributed by atoms with Gasteiger partial charge < -0.3 is 15.2 Å². The highest BCUT2D eigenvalue weighted by Gasteiger charge is 2.10. The van der Waals surface area contributed by atoms with Crippen LogP contribution in [0.3, 0.4) is 0 Å². The molecular weight excluding hydrogens is 475 g/mol. The molecule has 0 bridgehead atoms. The summed E-state index contributed by atoms with van der Waals surface area (Å²) < 4.78 is 0. The molecule has 3 rings (SSSR count). The van der Waals surface area contributed by atoms with Crippen molar-refractivity contribution < 1.29 is 0 Å². The number of hydrogen-bond acceptors (Lipinski definition) is 3. The van der Waals surface area contributed by atoms with Gasteiger partial charge in [-0.25, -0.2) is 9.98 Å². The molecule has 0 saturated heterocycles. The second kappa shape index (κ2) is 11.2. The van der Waals surface area contributed by atoms with E-state index in [1.807, 2.05) is 67.5 Å². The number of hydrogen-bond donors (Lipinski definition) is 2. The SMILES string of the molecule is CCNC(=NCc1ccc(C#N)cc1)N(C)Cc1ncc(-c2ccccc2)[nH]1.I. The van der Waals surface area contributed by atoms with Crippen LogP contribution in [0.15, 0.2) is 65.8 Å². The number of nitrogens with zero attached hydrogens (tertiary/aromatic N) is 4. The normalized spacial score (nSPS) is 10.7. The standard InChI is InChI=1S/C22H24N6.HI/c1-3-24-22(26-14-18-11-9-17(13-23)10-12-18)28(2)16-21-25-15-20(27-21)19-7-5-4-6-8-19;/h4-12,15H,3,14,16H2,1-2H3,(H,24,26)(H,25,27);1H. The average molecular weight is 500 g/mol. The van der Waals surface area contributed by atoms with Gasteiger partial charge in [0.25, 0.3) is 0 Å². The van der Waals surface area contributed by atoms with Crippen molar-refractivity contribution in [1.29, 1.82) is 5.26 Å². The Morgan fingerprint density at radius 3 is 2.55 bits per heavy atom. The molecule has 0 saturated carbocycles. The van der Waals surface area contributed by atoms with Crippen LogP contribution in [0.2, 0.25) is 0 Å². The Labute approximate surface area is 188 Å². The third-order valence-corrected chi connectivity index (χ3v) is 4.29. The third kappa shape index (κ3) is 6.32. The van der Waals surface area contributed by atoms with E-state index in [1.54, 1.807) is 0 Å². The fourth-order valence-corrected chi connectivity index (χ4v) is 2.83. The highest BCUT2D eigenvalue weighted by molar-refractivity contribution is 14.0. The van der Waals surface area contributed by atoms with E-state index in [1.165, 1.54) is 0 Å². The molecule has 2 aromatic carbocycles. The number of nitrogens with one attached hydrogen (secondary N) is 2. The van der Waals surface area contributed by atoms with E-state index in [9.17, 15) is 0 Å². The van der Waals surface area contributed by atoms with Crippen molar-refractivity contribution >= 4 is 29.9 Å². The molecule has 1 heterocycles. The lowest BCUT2D eigenvalue weighted by Crippen LogP contribution is -2.38. The van der Waals surface area contributed by atoms with Gasteiger partial charge in [-0.05, 0) is 30.2 Å². The maximum atomic E-state index is 8.90. The second-order valence-electron chi connectivity index (χ2n) is 6.44. The quantitative estimate of drug-likeness (QED) is 0.303. The molecule has 0 unspecified atom stereocenters. The van der Waals surface area contributed by atoms with Gasteiger partial charge in [-0.1, -0.05) is 42.5 Å². The van der Waals surface area contributed by atoms with Gasteiger partial charge in [0.05, 0.1) is 36.6 Å². The Morgan fingerprint density at radius 1 is 1.17 bits per heavy atom. The fourth-order valence-electron chi connectivity index (χ4n) is 2.83. The van der Waals surface area contributed by atoms with Crippen LogP contribution in [0, 0.1) is 11.3 Å². The van der Waals surface area contributed by atoms with Crippen molar-refractivity contribution in [2.45, 2.75) is 20.0 Å². The minimum Gasteiger partial charge on any atom is -0.357 e. The zero-order chi connectivity index (χ0) is 19.8. The summed E-state index contributed by atoms with van der Waals surface area (Å²) in [6.45, 7) is 3.99. The van der Waals surface area contributed by atoms with Crippen molar-refractivity contribution in [2.75, 3.05) is 13.6 Å². The van der Waals surface area contributed by atoms with Crippen LogP contribution in [-0.4, -0.2) is 34.4 Å². The molecule has 0 spiro atoms. The van der Waals surface area contributed by atoms with E-state index < -0.39 is 0 Å². The summed E-state index contributed by atoms with van der Waals surface area (Å²) in [5.41, 5.74) is 3.84. The molecule has 6 nitrogen and oxygen atoms in total. The van der Waals surface area contributed by atoms with Crippen LogP contribution in [0.4, 0.5) is 0 Å². The van der Waals surface area contributed by atoms with Crippen molar-refractivity contribution in [1.82, 2.24) is 20.2 Å². The number of aromatic amines is 1. The topological polar surface area (TPSA) is 80.1 Å². The summed E-state index contributed by atoms with van der Waals surface area (Å²) in [5, 5.41) is 12.2. The first kappa shape index (κ1) is 22.4. The molecule has 0 aliphatic carbocycles. The predicted octanol–water partition coefficient (Wildman–Crippen LogP) is 4.16. The van der Waals surface area contributed by atoms with Gasteiger partial charge in [0.2, 0.25) is 0 Å². The zero-order valence-corrected chi connectivity index (χ0v) is 18.9. The van der Waals surface area contributed by atoms with Gasteiger partial charge in [-0.3, -0.25) is 0 Å². The van der Waals surface area contributed by atoms with Crippen molar-refractivity contribution in [3.63, 3.8) is 0 Å². The number of halogens is 1. The van der Waals surface area contributed by atoms with Gasteiger partial charge >= 0.3 is 0 Å². The van der Waals surface area contributed by atoms with Crippen molar-refractivity contribution in [3.8, 4) is 17.3 Å². The molecular formula is C22H25IN6. The molecule has 0 fully saturated rings. The molecule has 0 radical (unpaired) electrons. The van der Waals surface area contributed by atoms with Crippen LogP contribution < -0.4 is 5.32 Å². The lowest BCUT2D eigenvalue weighted by atomic mass is 10.1. The molecule has 0 amide bonds. The van der Waals surface area contributed by atoms with Crippen LogP contribution in [0.5, 0.6) is 0 Å². The maximum absolute atomic E-state index is 8.90. The molecule has 0 aliphatic heterocycles. The molecule has 0 aliphatic rings. The van der Waals surface area contributed by atoms with E-state index in [2.05, 4.69) is 33.5 Å². The van der Waals surface area contributed by atoms with E-state index in [-0.39, 0.29) is 24.0 Å². The lowest BCUT2D eigenvalue weighted by molar-refractivity contribution is 0.464. The lowest BCUT2D eigenvalue weighted by Gasteiger charge is -2.21. The first-order valence-electron chi connectivity index (χ1n) is 9.27. The van der Waals surface area contributed by atoms with Crippen molar-refractivity contribution in [3.05, 3.63) is 77.7 Å². The Hall–Kier alpha value is -2.86. The first-order chi connectivity index (χ1) is 13.7. The highest BCUT2D eigenvalue weighted by Crippen LogP contribution is 2.16. The summed E-state index contributed by atoms with van der Waals surface area (Å²) in [6, 6.07) is 19.8. The number of H-pyrrole nitrogens is 1. The monoisotopic (exact) mass is 500 g/mol. The van der Waals surface area contributed by atoms with Gasteiger partial charge in [0.1, 0.15) is 5.82 Å². The van der Waals surface area contributed by atoms with E-state index in [4.69, 9.17) is 10.3 Å². The van der Waals surface area contributed by atoms with Crippen LogP contribution in [0.1, 0.15) is 23.9 Å². The molecule has 2 N–H and O–H groups in total. The highest BCUT2D eigenvalue weighted by atomic mass is 127. The summed E-state index contributed by atoms with van der Waals surface area (Å²) in [4.78, 5) is 14.6. The predicted molar refractivity (Wildman–Crippen MR) is 127 cm³/mol. The fraction of sp³-hybridized carbons (Fsp3) is 0.227. The Balaban J connectivity index is 0.00000300. The van der Waals surface area contributed by atoms with Crippen LogP contribution >= 0.6 is 24.0 Å². The summed E-state index contributed by atoms with van der Waals surface area (Å²) in [6.07, 6.45) is 1.86. The minimum atomic E-state index is 0. The summed E-state index contributed by atoms with van der Waals surface area (Å²) in [5.74, 6) is 1.69. The summed E-state index contributed by atoms with van der Waals surface area (Å²) >= 11 is 0. The van der Waals surface area contributed by atoms with Crippen LogP contribution in [-0.2, 0) is 13.1 Å². The van der Waals surface area contributed by atoms with Crippen molar-refractivity contribution in [2.24, 2.45) is 4.99 Å². The average Bonchev–Trinajstić information content (AvgIpc) is 3.20. The van der Waals surface area contributed by atoms with Crippen LogP contribution in [0.25, 0.3) is 11.3 Å². The number of aliphatic imine (C=N–C) groups is 1. The molecule has 29 heavy (non-hydrogen) atoms. The van der Waals surface area contributed by atoms with Gasteiger partial charge in [-0.2, -0.15) is 5.26 Å². The Morgan fingerprint density at radius 2 is 1.90 bits per heavy atom. The molecule has 7 heteroatoms. The number of imidazole rings is 1. The molecule has 3 aromatic rings. The van der Waals surface area contributed by atoms with E-state index >= 15 is 0 Å². The Kier molecular flexibility index (Phi) is 8.68. The molecule has 1 aromatic heterocycles. The largest absolute Gasteiger partial charge is 0.357 e. The molecule has 150 valence electrons. The first-order valence-corrected chi connectivity index (χ1v) is 9.27. The maximum Gasteiger partial charge on any atom is 0.194 e. The number of nitriles is 1. The van der Waals surface area contributed by atoms with Gasteiger partial charge in [0, 0.05) is 13.6 Å². The number of rotatable bonds is 6. The van der Waals surface area contributed by atoms with E-state index in [0.29, 0.717) is 18.7 Å². The van der Waals surface area contributed by atoms with E-state index in [0.717, 1.165) is 35.1 Å². The second-order valence-corrected chi connectivity index (χ2v) is 6.44. The smallest absolute Gasteiger partial charge is 0.194 e. The number of aromatic nitrogens is 2. The molecule has 0 atom stereocenters. The summed E-state index contributed by atoms with van der Waals surface area (Å²) in [7, 11) is 1.99. The Bertz CT molecular complexity index is 957. The van der Waals surface area contributed by atoms with Gasteiger partial charge in [-0.15, -0.1) is 24.0 Å². The van der Waals surface area contributed by atoms with Gasteiger partial charge in [0.15, 0.2) is 5.96 Å². The third-order valence-electron chi connectivity index (χ3n) is 4.29. The number of benzene rings is 2. The number of guanidine groups is 1. The minimum absolute atomic E-state index is 0. The zero-order valence-electron chi connectivity index (χ0n) is 16.6.